The zero-order chi connectivity index (χ0) is 13.4. The number of rotatable bonds is 3. The molecule has 1 aliphatic carbocycles. The number of nitrogens with zero attached hydrogens (tertiary/aromatic N) is 1. The van der Waals surface area contributed by atoms with Crippen molar-refractivity contribution in [1.29, 1.82) is 0 Å². The molecule has 0 radical (unpaired) electrons. The van der Waals surface area contributed by atoms with Crippen LogP contribution in [0.5, 0.6) is 0 Å². The molecule has 0 saturated heterocycles. The number of amides is 1. The summed E-state index contributed by atoms with van der Waals surface area (Å²) in [6, 6.07) is 7.89. The normalized spacial score (nSPS) is 14.4. The van der Waals surface area contributed by atoms with E-state index in [2.05, 4.69) is 10.3 Å². The minimum Gasteiger partial charge on any atom is -0.349 e. The molecule has 0 spiro atoms. The molecule has 98 valence electrons. The second-order valence-electron chi connectivity index (χ2n) is 4.69. The molecule has 0 bridgehead atoms. The number of halogens is 1. The molecule has 1 aromatic heterocycles. The fourth-order valence-electron chi connectivity index (χ4n) is 1.83. The molecule has 0 atom stereocenters. The Labute approximate surface area is 120 Å². The quantitative estimate of drug-likeness (QED) is 0.938. The predicted octanol–water partition coefficient (Wildman–Crippen LogP) is 3.66. The van der Waals surface area contributed by atoms with Crippen molar-refractivity contribution in [2.75, 3.05) is 0 Å². The van der Waals surface area contributed by atoms with E-state index < -0.39 is 0 Å². The Morgan fingerprint density at radius 1 is 1.47 bits per heavy atom. The van der Waals surface area contributed by atoms with Crippen molar-refractivity contribution in [3.05, 3.63) is 39.9 Å². The lowest BCUT2D eigenvalue weighted by Gasteiger charge is -1.99. The number of carbonyl (C=O) groups is 1. The van der Waals surface area contributed by atoms with Crippen LogP contribution in [0.4, 0.5) is 0 Å². The van der Waals surface area contributed by atoms with Gasteiger partial charge in [0.15, 0.2) is 0 Å². The Balaban J connectivity index is 1.89. The lowest BCUT2D eigenvalue weighted by molar-refractivity contribution is 0.0954. The van der Waals surface area contributed by atoms with Crippen molar-refractivity contribution >= 4 is 28.8 Å². The van der Waals surface area contributed by atoms with Crippen LogP contribution in [0.25, 0.3) is 10.6 Å². The topological polar surface area (TPSA) is 42.0 Å². The molecule has 3 rings (SSSR count). The number of benzene rings is 1. The monoisotopic (exact) mass is 292 g/mol. The summed E-state index contributed by atoms with van der Waals surface area (Å²) in [7, 11) is 0. The molecule has 0 aliphatic heterocycles. The smallest absolute Gasteiger partial charge is 0.263 e. The van der Waals surface area contributed by atoms with Crippen LogP contribution >= 0.6 is 22.9 Å². The number of hydrogen-bond donors (Lipinski definition) is 1. The fraction of sp³-hybridized carbons (Fsp3) is 0.286. The molecule has 1 amide bonds. The molecule has 1 aromatic carbocycles. The largest absolute Gasteiger partial charge is 0.349 e. The minimum absolute atomic E-state index is 0.00854. The second kappa shape index (κ2) is 4.94. The Morgan fingerprint density at radius 3 is 2.95 bits per heavy atom. The number of thiazole rings is 1. The van der Waals surface area contributed by atoms with E-state index in [0.29, 0.717) is 15.9 Å². The summed E-state index contributed by atoms with van der Waals surface area (Å²) >= 11 is 7.40. The molecule has 0 unspecified atom stereocenters. The van der Waals surface area contributed by atoms with E-state index in [1.807, 2.05) is 31.2 Å². The summed E-state index contributed by atoms with van der Waals surface area (Å²) in [4.78, 5) is 17.2. The highest BCUT2D eigenvalue weighted by molar-refractivity contribution is 7.17. The molecule has 2 aromatic rings. The number of hydrogen-bond acceptors (Lipinski definition) is 3. The van der Waals surface area contributed by atoms with Crippen molar-refractivity contribution in [1.82, 2.24) is 10.3 Å². The minimum atomic E-state index is -0.00854. The SMILES string of the molecule is Cc1nc(-c2cccc(Cl)c2)sc1C(=O)NC1CC1. The molecule has 1 heterocycles. The van der Waals surface area contributed by atoms with Crippen molar-refractivity contribution in [2.24, 2.45) is 0 Å². The molecule has 19 heavy (non-hydrogen) atoms. The first kappa shape index (κ1) is 12.6. The predicted molar refractivity (Wildman–Crippen MR) is 77.8 cm³/mol. The van der Waals surface area contributed by atoms with Crippen LogP contribution in [0, 0.1) is 6.92 Å². The summed E-state index contributed by atoms with van der Waals surface area (Å²) in [5, 5.41) is 4.50. The number of aromatic nitrogens is 1. The third kappa shape index (κ3) is 2.80. The van der Waals surface area contributed by atoms with Gasteiger partial charge in [0.2, 0.25) is 0 Å². The van der Waals surface area contributed by atoms with Crippen LogP contribution in [0.1, 0.15) is 28.2 Å². The van der Waals surface area contributed by atoms with Crippen LogP contribution in [-0.2, 0) is 0 Å². The average molecular weight is 293 g/mol. The van der Waals surface area contributed by atoms with Gasteiger partial charge in [0, 0.05) is 16.6 Å². The van der Waals surface area contributed by atoms with Crippen LogP contribution < -0.4 is 5.32 Å². The first-order chi connectivity index (χ1) is 9.13. The van der Waals surface area contributed by atoms with E-state index in [1.54, 1.807) is 0 Å². The third-order valence-corrected chi connectivity index (χ3v) is 4.43. The Kier molecular flexibility index (Phi) is 3.29. The average Bonchev–Trinajstić information content (AvgIpc) is 3.09. The number of carbonyl (C=O) groups excluding carboxylic acids is 1. The molecule has 5 heteroatoms. The molecule has 1 saturated carbocycles. The third-order valence-electron chi connectivity index (χ3n) is 2.99. The molecule has 1 aliphatic rings. The summed E-state index contributed by atoms with van der Waals surface area (Å²) in [5.74, 6) is -0.00854. The van der Waals surface area contributed by atoms with E-state index >= 15 is 0 Å². The van der Waals surface area contributed by atoms with Crippen molar-refractivity contribution < 1.29 is 4.79 Å². The Morgan fingerprint density at radius 2 is 2.26 bits per heavy atom. The summed E-state index contributed by atoms with van der Waals surface area (Å²) in [6.07, 6.45) is 2.18. The number of aryl methyl sites for hydroxylation is 1. The van der Waals surface area contributed by atoms with Gasteiger partial charge < -0.3 is 5.32 Å². The fourth-order valence-corrected chi connectivity index (χ4v) is 2.99. The van der Waals surface area contributed by atoms with Crippen LogP contribution in [0.15, 0.2) is 24.3 Å². The van der Waals surface area contributed by atoms with Gasteiger partial charge in [-0.2, -0.15) is 0 Å². The van der Waals surface area contributed by atoms with E-state index in [9.17, 15) is 4.79 Å². The first-order valence-corrected chi connectivity index (χ1v) is 7.37. The van der Waals surface area contributed by atoms with Crippen molar-refractivity contribution in [3.8, 4) is 10.6 Å². The van der Waals surface area contributed by atoms with E-state index in [1.165, 1.54) is 11.3 Å². The van der Waals surface area contributed by atoms with Gasteiger partial charge in [-0.05, 0) is 31.9 Å². The van der Waals surface area contributed by atoms with Gasteiger partial charge in [0.1, 0.15) is 9.88 Å². The molecular formula is C14H13ClN2OS. The van der Waals surface area contributed by atoms with Gasteiger partial charge in [-0.15, -0.1) is 11.3 Å². The van der Waals surface area contributed by atoms with E-state index in [4.69, 9.17) is 11.6 Å². The van der Waals surface area contributed by atoms with Gasteiger partial charge in [-0.1, -0.05) is 23.7 Å². The Bertz CT molecular complexity index is 634. The highest BCUT2D eigenvalue weighted by atomic mass is 35.5. The maximum absolute atomic E-state index is 12.1. The summed E-state index contributed by atoms with van der Waals surface area (Å²) in [6.45, 7) is 1.87. The lowest BCUT2D eigenvalue weighted by Crippen LogP contribution is -2.25. The van der Waals surface area contributed by atoms with Gasteiger partial charge >= 0.3 is 0 Å². The van der Waals surface area contributed by atoms with Gasteiger partial charge in [0.25, 0.3) is 5.91 Å². The van der Waals surface area contributed by atoms with Gasteiger partial charge in [-0.3, -0.25) is 4.79 Å². The molecular weight excluding hydrogens is 280 g/mol. The van der Waals surface area contributed by atoms with Crippen molar-refractivity contribution in [2.45, 2.75) is 25.8 Å². The maximum atomic E-state index is 12.1. The molecule has 1 fully saturated rings. The molecule has 3 nitrogen and oxygen atoms in total. The van der Waals surface area contributed by atoms with Gasteiger partial charge in [0.05, 0.1) is 5.69 Å². The second-order valence-corrected chi connectivity index (χ2v) is 6.13. The van der Waals surface area contributed by atoms with Gasteiger partial charge in [-0.25, -0.2) is 4.98 Å². The van der Waals surface area contributed by atoms with Crippen LogP contribution in [0.3, 0.4) is 0 Å². The Hall–Kier alpha value is -1.39. The maximum Gasteiger partial charge on any atom is 0.263 e. The summed E-state index contributed by atoms with van der Waals surface area (Å²) in [5.41, 5.74) is 1.73. The zero-order valence-corrected chi connectivity index (χ0v) is 12.0. The van der Waals surface area contributed by atoms with Crippen molar-refractivity contribution in [3.63, 3.8) is 0 Å². The van der Waals surface area contributed by atoms with E-state index in [-0.39, 0.29) is 5.91 Å². The summed E-state index contributed by atoms with van der Waals surface area (Å²) < 4.78 is 0. The van der Waals surface area contributed by atoms with Crippen LogP contribution in [0.2, 0.25) is 5.02 Å². The molecule has 1 N–H and O–H groups in total. The first-order valence-electron chi connectivity index (χ1n) is 6.18. The number of nitrogens with one attached hydrogen (secondary N) is 1. The zero-order valence-electron chi connectivity index (χ0n) is 10.4. The van der Waals surface area contributed by atoms with Crippen LogP contribution in [-0.4, -0.2) is 16.9 Å². The lowest BCUT2D eigenvalue weighted by atomic mass is 10.2. The highest BCUT2D eigenvalue weighted by Gasteiger charge is 2.26. The standard InChI is InChI=1S/C14H13ClN2OS/c1-8-12(13(18)17-11-5-6-11)19-14(16-8)9-3-2-4-10(15)7-9/h2-4,7,11H,5-6H2,1H3,(H,17,18). The van der Waals surface area contributed by atoms with E-state index in [0.717, 1.165) is 29.1 Å². The highest BCUT2D eigenvalue weighted by Crippen LogP contribution is 2.30.